The SMILES string of the molecule is [2H]c1c([2H])c(-c2ccc(-c3ccc(OCCCCC)cc3)cc2)c([2H])c([2H])c1C(=O)N[C@H]1C[C@@H](O)[C@@H](O)NC(=O)[C@@H]2[C@@H](O)[C@@H](C)CN2C(=O)C([C@@H](C)O)NC(=O)C([C@H](O)[C@@H](O)c2ccc(O)cc2)NC(=O)C2C[C@@H](O)CN2C(=O)[C@H]([C@@H](C)O)NC1=O. The molecule has 82 heavy (non-hydrogen) atoms. The van der Waals surface area contributed by atoms with Crippen molar-refractivity contribution in [3.8, 4) is 33.8 Å². The molecule has 3 aliphatic heterocycles. The Balaban J connectivity index is 1.23. The van der Waals surface area contributed by atoms with Crippen molar-refractivity contribution in [2.75, 3.05) is 19.7 Å². The van der Waals surface area contributed by atoms with Gasteiger partial charge in [-0.2, -0.15) is 0 Å². The molecule has 0 spiro atoms. The Morgan fingerprint density at radius 1 is 0.671 bits per heavy atom. The van der Waals surface area contributed by atoms with Gasteiger partial charge in [0.1, 0.15) is 66.1 Å². The number of hydrogen-bond donors (Lipinski definition) is 14. The molecule has 7 rings (SSSR count). The van der Waals surface area contributed by atoms with E-state index in [1.165, 1.54) is 19.1 Å². The lowest BCUT2D eigenvalue weighted by Gasteiger charge is -2.34. The molecule has 7 amide bonds. The third-order valence-electron chi connectivity index (χ3n) is 14.7. The van der Waals surface area contributed by atoms with E-state index in [1.807, 2.05) is 29.6 Å². The van der Waals surface area contributed by atoms with Gasteiger partial charge in [0, 0.05) is 37.4 Å². The first-order valence-corrected chi connectivity index (χ1v) is 27.0. The van der Waals surface area contributed by atoms with Gasteiger partial charge in [-0.1, -0.05) is 87.3 Å². The van der Waals surface area contributed by atoms with Gasteiger partial charge in [-0.15, -0.1) is 0 Å². The monoisotopic (exact) mass is 1140 g/mol. The quantitative estimate of drug-likeness (QED) is 0.0679. The van der Waals surface area contributed by atoms with Crippen LogP contribution in [0, 0.1) is 5.92 Å². The lowest BCUT2D eigenvalue weighted by atomic mass is 9.96. The molecule has 0 saturated carbocycles. The molecule has 15 atom stereocenters. The van der Waals surface area contributed by atoms with Crippen LogP contribution in [0.15, 0.2) is 97.0 Å². The number of carbonyl (C=O) groups is 7. The fourth-order valence-corrected chi connectivity index (χ4v) is 9.94. The van der Waals surface area contributed by atoms with Gasteiger partial charge in [0.2, 0.25) is 35.4 Å². The van der Waals surface area contributed by atoms with E-state index in [9.17, 15) is 79.5 Å². The number of hydrogen-bond acceptors (Lipinski definition) is 17. The Bertz CT molecular complexity index is 3100. The second kappa shape index (κ2) is 27.5. The fraction of sp³-hybridized carbons (Fsp3) is 0.466. The zero-order chi connectivity index (χ0) is 63.2. The first kappa shape index (κ1) is 56.3. The maximum Gasteiger partial charge on any atom is 0.251 e. The zero-order valence-electron chi connectivity index (χ0n) is 49.4. The van der Waals surface area contributed by atoms with E-state index < -0.39 is 188 Å². The Morgan fingerprint density at radius 3 is 1.80 bits per heavy atom. The van der Waals surface area contributed by atoms with Gasteiger partial charge in [-0.05, 0) is 84.4 Å². The second-order valence-electron chi connectivity index (χ2n) is 21.0. The smallest absolute Gasteiger partial charge is 0.251 e. The average molecular weight is 1140 g/mol. The molecule has 0 radical (unpaired) electrons. The molecule has 4 aromatic carbocycles. The maximum atomic E-state index is 14.6. The van der Waals surface area contributed by atoms with Gasteiger partial charge >= 0.3 is 0 Å². The van der Waals surface area contributed by atoms with E-state index in [0.29, 0.717) is 17.3 Å². The van der Waals surface area contributed by atoms with Gasteiger partial charge in [-0.25, -0.2) is 0 Å². The van der Waals surface area contributed by atoms with E-state index in [4.69, 9.17) is 10.2 Å². The van der Waals surface area contributed by atoms with Crippen LogP contribution in [0.5, 0.6) is 11.5 Å². The number of phenolic OH excluding ortho intramolecular Hbond substituents is 1. The van der Waals surface area contributed by atoms with Crippen LogP contribution in [0.3, 0.4) is 0 Å². The predicted octanol–water partition coefficient (Wildman–Crippen LogP) is -0.927. The summed E-state index contributed by atoms with van der Waals surface area (Å²) in [6, 6.07) is 2.95. The average Bonchev–Trinajstić information content (AvgIpc) is 2.40. The van der Waals surface area contributed by atoms with Crippen LogP contribution in [0.1, 0.15) is 87.3 Å². The lowest BCUT2D eigenvalue weighted by molar-refractivity contribution is -0.148. The number of aliphatic hydroxyl groups excluding tert-OH is 8. The highest BCUT2D eigenvalue weighted by Gasteiger charge is 2.50. The highest BCUT2D eigenvalue weighted by atomic mass is 16.5. The predicted molar refractivity (Wildman–Crippen MR) is 293 cm³/mol. The molecule has 0 aromatic heterocycles. The Hall–Kier alpha value is -7.55. The normalized spacial score (nSPS) is 28.2. The largest absolute Gasteiger partial charge is 0.508 e. The Morgan fingerprint density at radius 2 is 1.22 bits per heavy atom. The molecule has 442 valence electrons. The van der Waals surface area contributed by atoms with Gasteiger partial charge in [-0.3, -0.25) is 33.6 Å². The number of nitrogens with one attached hydrogen (secondary N) is 5. The third-order valence-corrected chi connectivity index (χ3v) is 14.7. The summed E-state index contributed by atoms with van der Waals surface area (Å²) in [4.78, 5) is 102. The van der Waals surface area contributed by atoms with Crippen molar-refractivity contribution in [2.45, 2.75) is 145 Å². The molecule has 0 aliphatic carbocycles. The van der Waals surface area contributed by atoms with Gasteiger partial charge in [0.15, 0.2) is 6.23 Å². The summed E-state index contributed by atoms with van der Waals surface area (Å²) in [5, 5.41) is 111. The standard InChI is InChI=1S/C58H73N7O17/c1-5-6-7-24-82-40-22-18-35(19-23-40)33-10-8-32(9-11-33)34-12-14-37(15-13-34)51(74)59-41-26-43(70)54(77)63-56(79)47-48(71)29(2)27-65(47)58(81)45(31(4)67)61-55(78)46(50(73)49(72)36-16-20-38(68)21-17-36)62-53(76)42-25-39(69)28-64(42)57(80)44(30(3)66)60-52(41)75/h8-23,29-31,39,41-50,54,66-73,77H,5-7,24-28H2,1-4H3,(H,59,74)(H,60,75)(H,61,78)(H,62,76)(H,63,79)/t29-,30+,31+,39+,41-,42?,43+,44-,45?,46?,47-,48-,49-,50-,54+/m0/s1/i12D,13D,14D,15D. The van der Waals surface area contributed by atoms with Crippen molar-refractivity contribution < 1.29 is 89.7 Å². The minimum atomic E-state index is -2.44. The summed E-state index contributed by atoms with van der Waals surface area (Å²) in [5.74, 6) is -9.99. The van der Waals surface area contributed by atoms with E-state index in [2.05, 4.69) is 28.2 Å². The number of aliphatic hydroxyl groups is 8. The summed E-state index contributed by atoms with van der Waals surface area (Å²) < 4.78 is 41.7. The summed E-state index contributed by atoms with van der Waals surface area (Å²) in [5.41, 5.74) is 0.567. The van der Waals surface area contributed by atoms with Crippen molar-refractivity contribution in [3.05, 3.63) is 108 Å². The van der Waals surface area contributed by atoms with Gasteiger partial charge < -0.3 is 87.1 Å². The molecule has 3 heterocycles. The molecular formula is C58H73N7O17. The molecule has 4 aromatic rings. The number of carbonyl (C=O) groups excluding carboxylic acids is 7. The molecule has 3 unspecified atom stereocenters. The van der Waals surface area contributed by atoms with Crippen molar-refractivity contribution in [3.63, 3.8) is 0 Å². The Labute approximate surface area is 478 Å². The number of nitrogens with zero attached hydrogens (tertiary/aromatic N) is 2. The van der Waals surface area contributed by atoms with E-state index in [-0.39, 0.29) is 22.4 Å². The second-order valence-corrected chi connectivity index (χ2v) is 21.0. The molecular weight excluding hydrogens is 1070 g/mol. The molecule has 3 fully saturated rings. The number of benzene rings is 4. The minimum Gasteiger partial charge on any atom is -0.508 e. The molecule has 3 aliphatic rings. The van der Waals surface area contributed by atoms with Crippen molar-refractivity contribution in [1.82, 2.24) is 36.4 Å². The highest BCUT2D eigenvalue weighted by molar-refractivity contribution is 6.00. The third kappa shape index (κ3) is 14.7. The molecule has 3 saturated heterocycles. The van der Waals surface area contributed by atoms with Crippen LogP contribution in [-0.4, -0.2) is 196 Å². The van der Waals surface area contributed by atoms with Crippen molar-refractivity contribution >= 4 is 41.4 Å². The molecule has 24 heteroatoms. The van der Waals surface area contributed by atoms with Gasteiger partial charge in [0.25, 0.3) is 5.91 Å². The highest BCUT2D eigenvalue weighted by Crippen LogP contribution is 2.30. The zero-order valence-corrected chi connectivity index (χ0v) is 45.4. The van der Waals surface area contributed by atoms with Crippen LogP contribution in [0.4, 0.5) is 0 Å². The first-order valence-electron chi connectivity index (χ1n) is 29.0. The van der Waals surface area contributed by atoms with Crippen LogP contribution in [-0.2, 0) is 28.8 Å². The molecule has 14 N–H and O–H groups in total. The summed E-state index contributed by atoms with van der Waals surface area (Å²) in [6.07, 6.45) is -14.8. The summed E-state index contributed by atoms with van der Waals surface area (Å²) >= 11 is 0. The number of fused-ring (bicyclic) bond motifs is 2. The molecule has 0 bridgehead atoms. The number of rotatable bonds is 14. The number of amides is 7. The number of unbranched alkanes of at least 4 members (excludes halogenated alkanes) is 2. The van der Waals surface area contributed by atoms with Crippen molar-refractivity contribution in [1.29, 1.82) is 0 Å². The topological polar surface area (TPSA) is 377 Å². The van der Waals surface area contributed by atoms with Crippen LogP contribution >= 0.6 is 0 Å². The number of aromatic hydroxyl groups is 1. The molecule has 24 nitrogen and oxygen atoms in total. The van der Waals surface area contributed by atoms with Crippen LogP contribution in [0.2, 0.25) is 0 Å². The fourth-order valence-electron chi connectivity index (χ4n) is 9.94. The van der Waals surface area contributed by atoms with Crippen LogP contribution < -0.4 is 31.3 Å². The van der Waals surface area contributed by atoms with Crippen molar-refractivity contribution in [2.24, 2.45) is 5.92 Å². The summed E-state index contributed by atoms with van der Waals surface area (Å²) in [7, 11) is 0. The summed E-state index contributed by atoms with van der Waals surface area (Å²) in [6.45, 7) is 5.07. The van der Waals surface area contributed by atoms with E-state index in [1.54, 1.807) is 24.3 Å². The Kier molecular flexibility index (Phi) is 18.9. The van der Waals surface area contributed by atoms with Gasteiger partial charge in [0.05, 0.1) is 36.5 Å². The minimum absolute atomic E-state index is 0.109. The number of ether oxygens (including phenoxy) is 1. The first-order chi connectivity index (χ1) is 40.6. The number of phenols is 1. The van der Waals surface area contributed by atoms with E-state index in [0.717, 1.165) is 61.3 Å². The maximum absolute atomic E-state index is 14.6. The van der Waals surface area contributed by atoms with Crippen LogP contribution in [0.25, 0.3) is 22.3 Å². The lowest BCUT2D eigenvalue weighted by Crippen LogP contribution is -2.64. The van der Waals surface area contributed by atoms with E-state index >= 15 is 0 Å².